The van der Waals surface area contributed by atoms with Gasteiger partial charge < -0.3 is 14.5 Å². The maximum atomic E-state index is 5.52. The molecule has 0 N–H and O–H groups in total. The van der Waals surface area contributed by atoms with Crippen LogP contribution >= 0.6 is 0 Å². The zero-order chi connectivity index (χ0) is 19.5. The van der Waals surface area contributed by atoms with E-state index in [0.29, 0.717) is 6.04 Å². The average Bonchev–Trinajstić information content (AvgIpc) is 3.12. The zero-order valence-corrected chi connectivity index (χ0v) is 17.5. The molecule has 4 heteroatoms. The van der Waals surface area contributed by atoms with Crippen LogP contribution in [0.4, 0.5) is 11.4 Å². The van der Waals surface area contributed by atoms with Gasteiger partial charge in [0.1, 0.15) is 0 Å². The van der Waals surface area contributed by atoms with Crippen LogP contribution in [0.3, 0.4) is 0 Å². The Morgan fingerprint density at radius 2 is 1.75 bits per heavy atom. The Hall–Kier alpha value is -2.04. The monoisotopic (exact) mass is 379 g/mol. The van der Waals surface area contributed by atoms with E-state index in [-0.39, 0.29) is 0 Å². The van der Waals surface area contributed by atoms with Crippen molar-refractivity contribution in [3.8, 4) is 0 Å². The van der Waals surface area contributed by atoms with Gasteiger partial charge in [-0.2, -0.15) is 0 Å². The summed E-state index contributed by atoms with van der Waals surface area (Å²) < 4.78 is 5.52. The Morgan fingerprint density at radius 1 is 0.964 bits per heavy atom. The van der Waals surface area contributed by atoms with E-state index < -0.39 is 0 Å². The number of benzene rings is 2. The van der Waals surface area contributed by atoms with Crippen LogP contribution in [0.2, 0.25) is 0 Å². The molecule has 0 saturated carbocycles. The summed E-state index contributed by atoms with van der Waals surface area (Å²) in [4.78, 5) is 7.40. The molecular weight excluding hydrogens is 346 g/mol. The van der Waals surface area contributed by atoms with E-state index in [1.807, 2.05) is 0 Å². The molecule has 0 radical (unpaired) electrons. The molecule has 0 bridgehead atoms. The first kappa shape index (κ1) is 19.3. The van der Waals surface area contributed by atoms with Crippen molar-refractivity contribution in [2.24, 2.45) is 0 Å². The molecule has 0 aromatic heterocycles. The normalized spacial score (nSPS) is 16.9. The fourth-order valence-electron chi connectivity index (χ4n) is 4.53. The molecule has 0 spiro atoms. The van der Waals surface area contributed by atoms with Crippen molar-refractivity contribution in [1.29, 1.82) is 0 Å². The minimum atomic E-state index is 0.575. The molecule has 0 unspecified atom stereocenters. The minimum Gasteiger partial charge on any atom is -0.378 e. The van der Waals surface area contributed by atoms with E-state index in [9.17, 15) is 0 Å². The predicted octanol–water partition coefficient (Wildman–Crippen LogP) is 3.93. The number of ether oxygens (including phenoxy) is 1. The van der Waals surface area contributed by atoms with Crippen LogP contribution in [-0.2, 0) is 24.2 Å². The lowest BCUT2D eigenvalue weighted by molar-refractivity contribution is 0.122. The number of hydrogen-bond acceptors (Lipinski definition) is 4. The van der Waals surface area contributed by atoms with Crippen LogP contribution in [0.1, 0.15) is 30.5 Å². The first-order chi connectivity index (χ1) is 13.6. The molecule has 2 heterocycles. The van der Waals surface area contributed by atoms with Gasteiger partial charge >= 0.3 is 0 Å². The third-order valence-electron chi connectivity index (χ3n) is 5.93. The Morgan fingerprint density at radius 3 is 2.54 bits per heavy atom. The highest BCUT2D eigenvalue weighted by Crippen LogP contribution is 2.31. The second-order valence-corrected chi connectivity index (χ2v) is 8.40. The SMILES string of the molecule is CC(C)N1CCc2cc(CN(C)Cc3ccccc3N3CCOCC3)ccc21. The van der Waals surface area contributed by atoms with Crippen molar-refractivity contribution in [2.45, 2.75) is 39.4 Å². The van der Waals surface area contributed by atoms with Crippen LogP contribution in [0.5, 0.6) is 0 Å². The van der Waals surface area contributed by atoms with Crippen LogP contribution in [0.15, 0.2) is 42.5 Å². The molecule has 0 atom stereocenters. The summed E-state index contributed by atoms with van der Waals surface area (Å²) in [5.41, 5.74) is 7.11. The van der Waals surface area contributed by atoms with Crippen LogP contribution in [0.25, 0.3) is 0 Å². The van der Waals surface area contributed by atoms with E-state index in [2.05, 4.69) is 78.1 Å². The number of hydrogen-bond donors (Lipinski definition) is 0. The summed E-state index contributed by atoms with van der Waals surface area (Å²) in [7, 11) is 2.23. The standard InChI is InChI=1S/C24H33N3O/c1-19(2)27-11-10-21-16-20(8-9-24(21)27)17-25(3)18-22-6-4-5-7-23(22)26-12-14-28-15-13-26/h4-9,16,19H,10-15,17-18H2,1-3H3. The van der Waals surface area contributed by atoms with Crippen molar-refractivity contribution in [3.05, 3.63) is 59.2 Å². The summed E-state index contributed by atoms with van der Waals surface area (Å²) in [5, 5.41) is 0. The smallest absolute Gasteiger partial charge is 0.0642 e. The molecule has 4 rings (SSSR count). The maximum absolute atomic E-state index is 5.52. The second kappa shape index (κ2) is 8.54. The molecule has 0 aliphatic carbocycles. The lowest BCUT2D eigenvalue weighted by Gasteiger charge is -2.31. The van der Waals surface area contributed by atoms with Crippen molar-refractivity contribution in [2.75, 3.05) is 49.7 Å². The second-order valence-electron chi connectivity index (χ2n) is 8.40. The molecule has 150 valence electrons. The van der Waals surface area contributed by atoms with Gasteiger partial charge in [-0.25, -0.2) is 0 Å². The van der Waals surface area contributed by atoms with Crippen molar-refractivity contribution < 1.29 is 4.74 Å². The van der Waals surface area contributed by atoms with Crippen LogP contribution < -0.4 is 9.80 Å². The third kappa shape index (κ3) is 4.18. The van der Waals surface area contributed by atoms with E-state index in [4.69, 9.17) is 4.74 Å². The first-order valence-electron chi connectivity index (χ1n) is 10.6. The first-order valence-corrected chi connectivity index (χ1v) is 10.6. The Kier molecular flexibility index (Phi) is 5.88. The van der Waals surface area contributed by atoms with Gasteiger partial charge in [0.25, 0.3) is 0 Å². The topological polar surface area (TPSA) is 19.0 Å². The Labute approximate surface area is 169 Å². The van der Waals surface area contributed by atoms with Crippen LogP contribution in [0, 0.1) is 0 Å². The quantitative estimate of drug-likeness (QED) is 0.757. The number of rotatable bonds is 6. The molecule has 1 fully saturated rings. The number of anilines is 2. The van der Waals surface area contributed by atoms with Gasteiger partial charge in [0.2, 0.25) is 0 Å². The summed E-state index contributed by atoms with van der Waals surface area (Å²) in [6.45, 7) is 11.3. The molecule has 0 amide bonds. The third-order valence-corrected chi connectivity index (χ3v) is 5.93. The van der Waals surface area contributed by atoms with E-state index in [1.165, 1.54) is 34.5 Å². The predicted molar refractivity (Wildman–Crippen MR) is 117 cm³/mol. The minimum absolute atomic E-state index is 0.575. The fraction of sp³-hybridized carbons (Fsp3) is 0.500. The van der Waals surface area contributed by atoms with E-state index >= 15 is 0 Å². The number of morpholine rings is 1. The maximum Gasteiger partial charge on any atom is 0.0642 e. The van der Waals surface area contributed by atoms with Gasteiger partial charge in [-0.05, 0) is 56.1 Å². The summed E-state index contributed by atoms with van der Waals surface area (Å²) >= 11 is 0. The number of nitrogens with zero attached hydrogens (tertiary/aromatic N) is 3. The van der Waals surface area contributed by atoms with Gasteiger partial charge in [-0.3, -0.25) is 4.90 Å². The summed E-state index contributed by atoms with van der Waals surface area (Å²) in [6, 6.07) is 16.5. The van der Waals surface area contributed by atoms with Crippen molar-refractivity contribution >= 4 is 11.4 Å². The number of para-hydroxylation sites is 1. The molecule has 4 nitrogen and oxygen atoms in total. The van der Waals surface area contributed by atoms with E-state index in [1.54, 1.807) is 0 Å². The molecule has 2 aromatic rings. The molecule has 1 saturated heterocycles. The average molecular weight is 380 g/mol. The highest BCUT2D eigenvalue weighted by Gasteiger charge is 2.21. The van der Waals surface area contributed by atoms with E-state index in [0.717, 1.165) is 45.9 Å². The number of fused-ring (bicyclic) bond motifs is 1. The molecule has 2 aromatic carbocycles. The lowest BCUT2D eigenvalue weighted by atomic mass is 10.1. The largest absolute Gasteiger partial charge is 0.378 e. The van der Waals surface area contributed by atoms with Crippen molar-refractivity contribution in [3.63, 3.8) is 0 Å². The molecular formula is C24H33N3O. The fourth-order valence-corrected chi connectivity index (χ4v) is 4.53. The van der Waals surface area contributed by atoms with Crippen molar-refractivity contribution in [1.82, 2.24) is 4.90 Å². The highest BCUT2D eigenvalue weighted by atomic mass is 16.5. The zero-order valence-electron chi connectivity index (χ0n) is 17.5. The Balaban J connectivity index is 1.44. The van der Waals surface area contributed by atoms with Gasteiger partial charge in [-0.1, -0.05) is 30.3 Å². The highest BCUT2D eigenvalue weighted by molar-refractivity contribution is 5.59. The van der Waals surface area contributed by atoms with Gasteiger partial charge in [0, 0.05) is 50.1 Å². The summed E-state index contributed by atoms with van der Waals surface area (Å²) in [5.74, 6) is 0. The molecule has 28 heavy (non-hydrogen) atoms. The van der Waals surface area contributed by atoms with Gasteiger partial charge in [0.05, 0.1) is 13.2 Å². The van der Waals surface area contributed by atoms with Crippen LogP contribution in [-0.4, -0.2) is 50.8 Å². The van der Waals surface area contributed by atoms with Gasteiger partial charge in [0.15, 0.2) is 0 Å². The summed E-state index contributed by atoms with van der Waals surface area (Å²) in [6.07, 6.45) is 1.17. The molecule has 2 aliphatic heterocycles. The Bertz CT molecular complexity index is 798. The molecule has 2 aliphatic rings. The lowest BCUT2D eigenvalue weighted by Crippen LogP contribution is -2.37. The van der Waals surface area contributed by atoms with Gasteiger partial charge in [-0.15, -0.1) is 0 Å².